The third kappa shape index (κ3) is 4.21. The molecule has 0 radical (unpaired) electrons. The van der Waals surface area contributed by atoms with Gasteiger partial charge in [-0.1, -0.05) is 38.0 Å². The molecule has 0 aromatic heterocycles. The number of hydrogen-bond acceptors (Lipinski definition) is 0. The third-order valence-electron chi connectivity index (χ3n) is 1.16. The molecule has 0 saturated heterocycles. The van der Waals surface area contributed by atoms with Crippen molar-refractivity contribution in [3.63, 3.8) is 0 Å². The van der Waals surface area contributed by atoms with Gasteiger partial charge in [0.25, 0.3) is 0 Å². The molecule has 0 nitrogen and oxygen atoms in total. The maximum absolute atomic E-state index is 3.81. The molecule has 0 N–H and O–H groups in total. The second kappa shape index (κ2) is 5.38. The highest BCUT2D eigenvalue weighted by molar-refractivity contribution is 7.97. The summed E-state index contributed by atoms with van der Waals surface area (Å²) in [5, 5.41) is 0. The van der Waals surface area contributed by atoms with Gasteiger partial charge in [0.05, 0.1) is 0 Å². The molecule has 0 amide bonds. The van der Waals surface area contributed by atoms with E-state index in [9.17, 15) is 0 Å². The number of hydrogen-bond donors (Lipinski definition) is 0. The standard InChI is InChI=1S/C9H18BP/c1-4-7-11(10,8-5-2)9-6-3/h4-6H,1-3,7-9H2,10H3. The summed E-state index contributed by atoms with van der Waals surface area (Å²) in [4.78, 5) is 0. The summed E-state index contributed by atoms with van der Waals surface area (Å²) in [6, 6.07) is 0. The monoisotopic (exact) mass is 168 g/mol. The molecule has 0 saturated carbocycles. The number of allylic oxidation sites excluding steroid dienone is 3. The van der Waals surface area contributed by atoms with Gasteiger partial charge >= 0.3 is 0 Å². The summed E-state index contributed by atoms with van der Waals surface area (Å²) in [5.41, 5.74) is 0. The van der Waals surface area contributed by atoms with Gasteiger partial charge in [0.1, 0.15) is 7.57 Å². The molecule has 0 unspecified atom stereocenters. The predicted octanol–water partition coefficient (Wildman–Crippen LogP) is 1.84. The molecule has 0 fully saturated rings. The van der Waals surface area contributed by atoms with Gasteiger partial charge in [0.2, 0.25) is 0 Å². The molecule has 0 rings (SSSR count). The van der Waals surface area contributed by atoms with Crippen LogP contribution in [0.1, 0.15) is 0 Å². The van der Waals surface area contributed by atoms with Crippen molar-refractivity contribution in [3.05, 3.63) is 38.0 Å². The molecule has 0 aliphatic rings. The Morgan fingerprint density at radius 1 is 0.909 bits per heavy atom. The zero-order chi connectivity index (χ0) is 8.74. The Kier molecular flexibility index (Phi) is 5.24. The first kappa shape index (κ1) is 10.7. The van der Waals surface area contributed by atoms with Crippen LogP contribution in [0.3, 0.4) is 0 Å². The van der Waals surface area contributed by atoms with Crippen molar-refractivity contribution in [2.24, 2.45) is 0 Å². The minimum absolute atomic E-state index is 0.454. The topological polar surface area (TPSA) is 0 Å². The van der Waals surface area contributed by atoms with Crippen LogP contribution in [0.2, 0.25) is 0 Å². The molecule has 62 valence electrons. The second-order valence-corrected chi connectivity index (χ2v) is 4.52. The third-order valence-corrected chi connectivity index (χ3v) is 3.49. The molecule has 0 spiro atoms. The molecule has 0 atom stereocenters. The normalized spacial score (nSPS) is 10.6. The lowest BCUT2D eigenvalue weighted by molar-refractivity contribution is 1.57. The van der Waals surface area contributed by atoms with E-state index >= 15 is 0 Å². The van der Waals surface area contributed by atoms with Gasteiger partial charge in [0.15, 0.2) is 0 Å². The zero-order valence-corrected chi connectivity index (χ0v) is 7.32. The summed E-state index contributed by atoms with van der Waals surface area (Å²) >= 11 is 0. The molecule has 0 heterocycles. The minimum atomic E-state index is -0.573. The van der Waals surface area contributed by atoms with Crippen molar-refractivity contribution in [2.45, 2.75) is 0 Å². The van der Waals surface area contributed by atoms with Gasteiger partial charge in [-0.25, -0.2) is 0 Å². The summed E-state index contributed by atoms with van der Waals surface area (Å²) < 4.78 is 0. The fourth-order valence-electron chi connectivity index (χ4n) is 0.771. The molecule has 0 aromatic rings. The highest BCUT2D eigenvalue weighted by Gasteiger charge is 2.18. The van der Waals surface area contributed by atoms with Crippen molar-refractivity contribution < 1.29 is 0 Å². The second-order valence-electron chi connectivity index (χ2n) is 2.08. The van der Waals surface area contributed by atoms with Crippen LogP contribution in [0.25, 0.3) is 0 Å². The molecule has 0 aliphatic heterocycles. The van der Waals surface area contributed by atoms with Crippen LogP contribution in [0.4, 0.5) is 0 Å². The highest BCUT2D eigenvalue weighted by atomic mass is 31.2. The molecule has 0 bridgehead atoms. The van der Waals surface area contributed by atoms with E-state index in [2.05, 4.69) is 38.0 Å². The van der Waals surface area contributed by atoms with Crippen LogP contribution in [0.5, 0.6) is 0 Å². The van der Waals surface area contributed by atoms with Gasteiger partial charge in [-0.3, -0.25) is 0 Å². The first-order valence-electron chi connectivity index (χ1n) is 3.40. The maximum atomic E-state index is 3.81. The van der Waals surface area contributed by atoms with Gasteiger partial charge in [-0.05, 0) is 0 Å². The molecule has 0 aliphatic carbocycles. The van der Waals surface area contributed by atoms with E-state index in [1.807, 2.05) is 0 Å². The van der Waals surface area contributed by atoms with E-state index in [1.165, 1.54) is 18.5 Å². The summed E-state index contributed by atoms with van der Waals surface area (Å²) in [6.07, 6.45) is 10.00. The average molecular weight is 168 g/mol. The van der Waals surface area contributed by atoms with E-state index < -0.39 is 7.14 Å². The zero-order valence-electron chi connectivity index (χ0n) is 6.42. The summed E-state index contributed by atoms with van der Waals surface area (Å²) in [5.74, 6) is 0. The Labute approximate surface area is 71.8 Å². The van der Waals surface area contributed by atoms with E-state index in [0.717, 1.165) is 0 Å². The largest absolute Gasteiger partial charge is 0.147 e. The van der Waals surface area contributed by atoms with Crippen molar-refractivity contribution >= 4 is 14.7 Å². The average Bonchev–Trinajstić information content (AvgIpc) is 1.88. The molecule has 0 aromatic carbocycles. The lowest BCUT2D eigenvalue weighted by atomic mass is 10.7. The van der Waals surface area contributed by atoms with Gasteiger partial charge in [-0.2, -0.15) is 0 Å². The van der Waals surface area contributed by atoms with E-state index in [1.54, 1.807) is 0 Å². The lowest BCUT2D eigenvalue weighted by Crippen LogP contribution is -2.03. The van der Waals surface area contributed by atoms with Gasteiger partial charge < -0.3 is 0 Å². The fourth-order valence-corrected chi connectivity index (χ4v) is 2.31. The highest BCUT2D eigenvalue weighted by Crippen LogP contribution is 2.53. The van der Waals surface area contributed by atoms with Crippen LogP contribution in [0, 0.1) is 0 Å². The summed E-state index contributed by atoms with van der Waals surface area (Å²) in [6.45, 7) is 11.4. The predicted molar refractivity (Wildman–Crippen MR) is 62.1 cm³/mol. The van der Waals surface area contributed by atoms with Crippen LogP contribution in [-0.2, 0) is 0 Å². The Hall–Kier alpha value is -0.285. The SMILES string of the molecule is [BH3-][P+](CC=C)(CC=C)CC=C. The first-order chi connectivity index (χ1) is 5.18. The number of rotatable bonds is 6. The van der Waals surface area contributed by atoms with Crippen molar-refractivity contribution in [2.75, 3.05) is 18.5 Å². The van der Waals surface area contributed by atoms with Gasteiger partial charge in [0, 0.05) is 18.5 Å². The Balaban J connectivity index is 4.09. The smallest absolute Gasteiger partial charge is 0.128 e. The Morgan fingerprint density at radius 2 is 1.18 bits per heavy atom. The quantitative estimate of drug-likeness (QED) is 0.322. The van der Waals surface area contributed by atoms with E-state index in [0.29, 0.717) is 7.57 Å². The van der Waals surface area contributed by atoms with Crippen LogP contribution in [0.15, 0.2) is 38.0 Å². The van der Waals surface area contributed by atoms with Crippen molar-refractivity contribution in [3.8, 4) is 0 Å². The summed E-state index contributed by atoms with van der Waals surface area (Å²) in [7, 11) is -0.119. The van der Waals surface area contributed by atoms with Gasteiger partial charge in [-0.15, -0.1) is 7.14 Å². The van der Waals surface area contributed by atoms with E-state index in [4.69, 9.17) is 0 Å². The van der Waals surface area contributed by atoms with Crippen LogP contribution in [-0.4, -0.2) is 26.1 Å². The van der Waals surface area contributed by atoms with Crippen molar-refractivity contribution in [1.82, 2.24) is 0 Å². The maximum Gasteiger partial charge on any atom is 0.128 e. The molecule has 2 heteroatoms. The van der Waals surface area contributed by atoms with Crippen LogP contribution < -0.4 is 0 Å². The van der Waals surface area contributed by atoms with Crippen molar-refractivity contribution in [1.29, 1.82) is 0 Å². The fraction of sp³-hybridized carbons (Fsp3) is 0.333. The van der Waals surface area contributed by atoms with Crippen LogP contribution >= 0.6 is 7.14 Å². The molecular weight excluding hydrogens is 150 g/mol. The first-order valence-corrected chi connectivity index (χ1v) is 5.30. The Bertz CT molecular complexity index is 125. The molecule has 11 heavy (non-hydrogen) atoms. The molecular formula is C9H18BP. The Morgan fingerprint density at radius 3 is 1.36 bits per heavy atom. The lowest BCUT2D eigenvalue weighted by Gasteiger charge is -2.25. The minimum Gasteiger partial charge on any atom is -0.147 e. The van der Waals surface area contributed by atoms with E-state index in [-0.39, 0.29) is 0 Å².